The Bertz CT molecular complexity index is 569. The van der Waals surface area contributed by atoms with Crippen molar-refractivity contribution in [1.82, 2.24) is 0 Å². The van der Waals surface area contributed by atoms with Gasteiger partial charge < -0.3 is 15.2 Å². The number of rotatable bonds is 7. The normalized spacial score (nSPS) is 11.9. The van der Waals surface area contributed by atoms with Gasteiger partial charge in [0, 0.05) is 5.56 Å². The van der Waals surface area contributed by atoms with Crippen LogP contribution in [-0.2, 0) is 0 Å². The van der Waals surface area contributed by atoms with Gasteiger partial charge in [-0.05, 0) is 31.0 Å². The van der Waals surface area contributed by atoms with Crippen molar-refractivity contribution in [2.24, 2.45) is 0 Å². The maximum absolute atomic E-state index is 10.0. The smallest absolute Gasteiger partial charge is 0.142 e. The molecule has 0 heterocycles. The van der Waals surface area contributed by atoms with Crippen LogP contribution >= 0.6 is 0 Å². The van der Waals surface area contributed by atoms with E-state index in [4.69, 9.17) is 4.74 Å². The quantitative estimate of drug-likeness (QED) is 0.771. The molecule has 0 aliphatic heterocycles. The number of phenols is 1. The van der Waals surface area contributed by atoms with Gasteiger partial charge in [-0.3, -0.25) is 0 Å². The molecule has 0 saturated carbocycles. The summed E-state index contributed by atoms with van der Waals surface area (Å²) in [6, 6.07) is 15.4. The van der Waals surface area contributed by atoms with Crippen molar-refractivity contribution in [1.29, 1.82) is 0 Å². The molecule has 0 aliphatic rings. The lowest BCUT2D eigenvalue weighted by Crippen LogP contribution is -2.11. The van der Waals surface area contributed by atoms with Gasteiger partial charge in [0.25, 0.3) is 0 Å². The second kappa shape index (κ2) is 7.58. The van der Waals surface area contributed by atoms with Gasteiger partial charge >= 0.3 is 0 Å². The summed E-state index contributed by atoms with van der Waals surface area (Å²) in [5, 5.41) is 13.5. The summed E-state index contributed by atoms with van der Waals surface area (Å²) in [6.45, 7) is 4.89. The Morgan fingerprint density at radius 1 is 1.05 bits per heavy atom. The van der Waals surface area contributed by atoms with E-state index in [-0.39, 0.29) is 6.04 Å². The molecule has 2 rings (SSSR count). The predicted octanol–water partition coefficient (Wildman–Crippen LogP) is 4.74. The fourth-order valence-electron chi connectivity index (χ4n) is 2.29. The molecule has 2 aromatic carbocycles. The summed E-state index contributed by atoms with van der Waals surface area (Å²) in [4.78, 5) is 0. The molecule has 0 aromatic heterocycles. The highest BCUT2D eigenvalue weighted by atomic mass is 16.5. The third-order valence-corrected chi connectivity index (χ3v) is 3.40. The molecule has 112 valence electrons. The summed E-state index contributed by atoms with van der Waals surface area (Å²) in [5.74, 6) is 1.18. The molecule has 0 radical (unpaired) electrons. The van der Waals surface area contributed by atoms with Crippen molar-refractivity contribution in [3.8, 4) is 11.5 Å². The van der Waals surface area contributed by atoms with E-state index in [0.717, 1.165) is 29.8 Å². The minimum Gasteiger partial charge on any atom is -0.508 e. The summed E-state index contributed by atoms with van der Waals surface area (Å²) in [5.41, 5.74) is 1.87. The van der Waals surface area contributed by atoms with Crippen LogP contribution in [0, 0.1) is 0 Å². The van der Waals surface area contributed by atoms with E-state index in [0.29, 0.717) is 12.4 Å². The monoisotopic (exact) mass is 285 g/mol. The molecule has 0 amide bonds. The minimum absolute atomic E-state index is 0.0533. The molecule has 2 aromatic rings. The Balaban J connectivity index is 2.21. The number of ether oxygens (including phenoxy) is 1. The van der Waals surface area contributed by atoms with Crippen LogP contribution in [0.25, 0.3) is 0 Å². The Labute approximate surface area is 126 Å². The molecule has 0 aliphatic carbocycles. The van der Waals surface area contributed by atoms with E-state index in [1.807, 2.05) is 42.5 Å². The molecule has 1 atom stereocenters. The van der Waals surface area contributed by atoms with Crippen molar-refractivity contribution in [3.05, 3.63) is 54.1 Å². The van der Waals surface area contributed by atoms with Crippen LogP contribution in [0.5, 0.6) is 11.5 Å². The summed E-state index contributed by atoms with van der Waals surface area (Å²) in [7, 11) is 0. The molecule has 2 N–H and O–H groups in total. The zero-order valence-corrected chi connectivity index (χ0v) is 12.7. The molecule has 1 unspecified atom stereocenters. The molecule has 3 nitrogen and oxygen atoms in total. The van der Waals surface area contributed by atoms with E-state index in [9.17, 15) is 5.11 Å². The van der Waals surface area contributed by atoms with Crippen LogP contribution in [0.15, 0.2) is 48.5 Å². The number of aromatic hydroxyl groups is 1. The van der Waals surface area contributed by atoms with Gasteiger partial charge in [0.2, 0.25) is 0 Å². The molecule has 0 spiro atoms. The van der Waals surface area contributed by atoms with Gasteiger partial charge in [-0.1, -0.05) is 44.2 Å². The van der Waals surface area contributed by atoms with Crippen molar-refractivity contribution < 1.29 is 9.84 Å². The third kappa shape index (κ3) is 3.91. The van der Waals surface area contributed by atoms with Crippen molar-refractivity contribution in [2.75, 3.05) is 11.9 Å². The molecule has 0 fully saturated rings. The zero-order chi connectivity index (χ0) is 15.1. The van der Waals surface area contributed by atoms with Gasteiger partial charge in [0.15, 0.2) is 0 Å². The van der Waals surface area contributed by atoms with Crippen molar-refractivity contribution >= 4 is 5.69 Å². The maximum Gasteiger partial charge on any atom is 0.142 e. The number of hydrogen-bond acceptors (Lipinski definition) is 3. The van der Waals surface area contributed by atoms with Crippen LogP contribution in [0.2, 0.25) is 0 Å². The highest BCUT2D eigenvalue weighted by Gasteiger charge is 2.14. The lowest BCUT2D eigenvalue weighted by molar-refractivity contribution is 0.318. The zero-order valence-electron chi connectivity index (χ0n) is 12.7. The van der Waals surface area contributed by atoms with Gasteiger partial charge in [0.05, 0.1) is 18.3 Å². The van der Waals surface area contributed by atoms with E-state index in [1.54, 1.807) is 6.07 Å². The summed E-state index contributed by atoms with van der Waals surface area (Å²) < 4.78 is 5.77. The molecule has 0 saturated heterocycles. The Kier molecular flexibility index (Phi) is 5.50. The van der Waals surface area contributed by atoms with E-state index in [2.05, 4.69) is 19.2 Å². The molecule has 3 heteroatoms. The average Bonchev–Trinajstić information content (AvgIpc) is 2.52. The first-order valence-electron chi connectivity index (χ1n) is 7.52. The maximum atomic E-state index is 10.0. The SMILES string of the molecule is CCCOc1ccccc1NC(CC)c1ccccc1O. The van der Waals surface area contributed by atoms with E-state index >= 15 is 0 Å². The number of phenolic OH excluding ortho intramolecular Hbond substituents is 1. The fraction of sp³-hybridized carbons (Fsp3) is 0.333. The minimum atomic E-state index is 0.0533. The first-order chi connectivity index (χ1) is 10.3. The third-order valence-electron chi connectivity index (χ3n) is 3.40. The standard InChI is InChI=1S/C18H23NO2/c1-3-13-21-18-12-8-6-10-16(18)19-15(4-2)14-9-5-7-11-17(14)20/h5-12,15,19-20H,3-4,13H2,1-2H3. The van der Waals surface area contributed by atoms with Crippen LogP contribution in [0.1, 0.15) is 38.3 Å². The van der Waals surface area contributed by atoms with Crippen molar-refractivity contribution in [3.63, 3.8) is 0 Å². The number of anilines is 1. The summed E-state index contributed by atoms with van der Waals surface area (Å²) >= 11 is 0. The van der Waals surface area contributed by atoms with E-state index < -0.39 is 0 Å². The van der Waals surface area contributed by atoms with Gasteiger partial charge in [-0.2, -0.15) is 0 Å². The topological polar surface area (TPSA) is 41.5 Å². The average molecular weight is 285 g/mol. The second-order valence-electron chi connectivity index (χ2n) is 5.01. The Hall–Kier alpha value is -2.16. The first-order valence-corrected chi connectivity index (χ1v) is 7.52. The Morgan fingerprint density at radius 2 is 1.76 bits per heavy atom. The van der Waals surface area contributed by atoms with Crippen molar-refractivity contribution in [2.45, 2.75) is 32.7 Å². The largest absolute Gasteiger partial charge is 0.508 e. The van der Waals surface area contributed by atoms with Crippen LogP contribution in [0.3, 0.4) is 0 Å². The number of hydrogen-bond donors (Lipinski definition) is 2. The van der Waals surface area contributed by atoms with Crippen LogP contribution < -0.4 is 10.1 Å². The first kappa shape index (κ1) is 15.2. The van der Waals surface area contributed by atoms with E-state index in [1.165, 1.54) is 0 Å². The highest BCUT2D eigenvalue weighted by molar-refractivity contribution is 5.58. The fourth-order valence-corrected chi connectivity index (χ4v) is 2.29. The molecular formula is C18H23NO2. The number of para-hydroxylation sites is 3. The predicted molar refractivity (Wildman–Crippen MR) is 87.0 cm³/mol. The van der Waals surface area contributed by atoms with Gasteiger partial charge in [-0.25, -0.2) is 0 Å². The Morgan fingerprint density at radius 3 is 2.48 bits per heavy atom. The molecular weight excluding hydrogens is 262 g/mol. The van der Waals surface area contributed by atoms with Crippen LogP contribution in [-0.4, -0.2) is 11.7 Å². The number of nitrogens with one attached hydrogen (secondary N) is 1. The van der Waals surface area contributed by atoms with Crippen LogP contribution in [0.4, 0.5) is 5.69 Å². The molecule has 21 heavy (non-hydrogen) atoms. The molecule has 0 bridgehead atoms. The lowest BCUT2D eigenvalue weighted by Gasteiger charge is -2.21. The lowest BCUT2D eigenvalue weighted by atomic mass is 10.0. The van der Waals surface area contributed by atoms with Gasteiger partial charge in [0.1, 0.15) is 11.5 Å². The second-order valence-corrected chi connectivity index (χ2v) is 5.01. The number of benzene rings is 2. The highest BCUT2D eigenvalue weighted by Crippen LogP contribution is 2.32. The summed E-state index contributed by atoms with van der Waals surface area (Å²) in [6.07, 6.45) is 1.85. The van der Waals surface area contributed by atoms with Gasteiger partial charge in [-0.15, -0.1) is 0 Å².